The molecule has 1 saturated heterocycles. The molecular weight excluding hydrogens is 386 g/mol. The van der Waals surface area contributed by atoms with E-state index in [1.165, 1.54) is 0 Å². The molecule has 154 valence electrons. The molecule has 1 aliphatic rings. The number of nitrogens with zero attached hydrogens (tertiary/aromatic N) is 3. The number of carbonyl (C=O) groups is 2. The van der Waals surface area contributed by atoms with Gasteiger partial charge in [-0.15, -0.1) is 10.2 Å². The number of carbonyl (C=O) groups excluding carboxylic acids is 2. The van der Waals surface area contributed by atoms with Gasteiger partial charge in [0.05, 0.1) is 12.7 Å². The van der Waals surface area contributed by atoms with Crippen LogP contribution in [0.2, 0.25) is 0 Å². The van der Waals surface area contributed by atoms with E-state index in [-0.39, 0.29) is 11.8 Å². The minimum absolute atomic E-state index is 0.0609. The van der Waals surface area contributed by atoms with Gasteiger partial charge in [-0.2, -0.15) is 0 Å². The Morgan fingerprint density at radius 2 is 1.97 bits per heavy atom. The molecule has 1 amide bonds. The molecule has 3 aromatic rings. The molecule has 30 heavy (non-hydrogen) atoms. The van der Waals surface area contributed by atoms with Gasteiger partial charge in [0.2, 0.25) is 11.8 Å². The lowest BCUT2D eigenvalue weighted by molar-refractivity contribution is -0.117. The van der Waals surface area contributed by atoms with E-state index in [0.717, 1.165) is 17.7 Å². The first kappa shape index (κ1) is 19.6. The van der Waals surface area contributed by atoms with E-state index in [1.54, 1.807) is 61.4 Å². The highest BCUT2D eigenvalue weighted by Gasteiger charge is 2.24. The summed E-state index contributed by atoms with van der Waals surface area (Å²) < 4.78 is 16.3. The van der Waals surface area contributed by atoms with Crippen molar-refractivity contribution < 1.29 is 23.5 Å². The van der Waals surface area contributed by atoms with Crippen LogP contribution in [-0.4, -0.2) is 35.7 Å². The Kier molecular flexibility index (Phi) is 5.47. The Balaban J connectivity index is 1.45. The van der Waals surface area contributed by atoms with Crippen LogP contribution in [0.1, 0.15) is 42.1 Å². The summed E-state index contributed by atoms with van der Waals surface area (Å²) in [6.07, 6.45) is 0.617. The third-order valence-electron chi connectivity index (χ3n) is 4.88. The molecule has 0 radical (unpaired) electrons. The zero-order valence-electron chi connectivity index (χ0n) is 16.7. The lowest BCUT2D eigenvalue weighted by atomic mass is 10.2. The molecule has 0 bridgehead atoms. The van der Waals surface area contributed by atoms with Crippen molar-refractivity contribution in [2.45, 2.75) is 25.9 Å². The Hall–Kier alpha value is -3.68. The van der Waals surface area contributed by atoms with Crippen molar-refractivity contribution >= 4 is 17.6 Å². The summed E-state index contributed by atoms with van der Waals surface area (Å²) in [7, 11) is 1.59. The van der Waals surface area contributed by atoms with Crippen LogP contribution in [0.3, 0.4) is 0 Å². The second kappa shape index (κ2) is 8.36. The smallest absolute Gasteiger partial charge is 0.338 e. The lowest BCUT2D eigenvalue weighted by Gasteiger charge is -2.16. The second-order valence-corrected chi connectivity index (χ2v) is 6.92. The minimum atomic E-state index is -0.728. The number of benzene rings is 2. The van der Waals surface area contributed by atoms with Crippen LogP contribution in [0.4, 0.5) is 5.69 Å². The predicted molar refractivity (Wildman–Crippen MR) is 108 cm³/mol. The van der Waals surface area contributed by atoms with Gasteiger partial charge in [0.1, 0.15) is 5.75 Å². The molecule has 2 aromatic carbocycles. The number of aromatic nitrogens is 2. The fourth-order valence-electron chi connectivity index (χ4n) is 3.25. The SMILES string of the molecule is COc1ccc(-c2nnc(C(C)OC(=O)c3cccc(N4CCCC4=O)c3)o2)cc1. The van der Waals surface area contributed by atoms with Crippen molar-refractivity contribution in [3.05, 3.63) is 60.0 Å². The lowest BCUT2D eigenvalue weighted by Crippen LogP contribution is -2.24. The molecule has 1 aliphatic heterocycles. The standard InChI is InChI=1S/C22H21N3O5/c1-14(20-23-24-21(30-20)15-8-10-18(28-2)11-9-15)29-22(27)16-5-3-6-17(13-16)25-12-4-7-19(25)26/h3,5-6,8-11,13-14H,4,7,12H2,1-2H3. The van der Waals surface area contributed by atoms with Crippen LogP contribution in [0.25, 0.3) is 11.5 Å². The Morgan fingerprint density at radius 1 is 1.17 bits per heavy atom. The molecule has 8 nitrogen and oxygen atoms in total. The molecule has 1 aromatic heterocycles. The zero-order chi connectivity index (χ0) is 21.1. The van der Waals surface area contributed by atoms with Gasteiger partial charge in [-0.1, -0.05) is 6.07 Å². The van der Waals surface area contributed by atoms with Crippen LogP contribution < -0.4 is 9.64 Å². The molecule has 1 unspecified atom stereocenters. The third-order valence-corrected chi connectivity index (χ3v) is 4.88. The van der Waals surface area contributed by atoms with Crippen LogP contribution in [0, 0.1) is 0 Å². The van der Waals surface area contributed by atoms with Gasteiger partial charge in [-0.25, -0.2) is 4.79 Å². The maximum absolute atomic E-state index is 12.6. The Labute approximate surface area is 173 Å². The molecule has 4 rings (SSSR count). The summed E-state index contributed by atoms with van der Waals surface area (Å²) in [6.45, 7) is 2.32. The molecule has 0 N–H and O–H groups in total. The molecule has 8 heteroatoms. The van der Waals surface area contributed by atoms with Crippen LogP contribution >= 0.6 is 0 Å². The quantitative estimate of drug-likeness (QED) is 0.574. The monoisotopic (exact) mass is 407 g/mol. The van der Waals surface area contributed by atoms with Crippen LogP contribution in [0.5, 0.6) is 5.75 Å². The van der Waals surface area contributed by atoms with Gasteiger partial charge in [0, 0.05) is 24.2 Å². The summed E-state index contributed by atoms with van der Waals surface area (Å²) in [4.78, 5) is 26.2. The van der Waals surface area contributed by atoms with Gasteiger partial charge in [0.25, 0.3) is 5.89 Å². The number of hydrogen-bond donors (Lipinski definition) is 0. The first-order valence-electron chi connectivity index (χ1n) is 9.64. The van der Waals surface area contributed by atoms with Gasteiger partial charge in [0.15, 0.2) is 6.10 Å². The van der Waals surface area contributed by atoms with Crippen molar-refractivity contribution in [3.8, 4) is 17.2 Å². The highest BCUT2D eigenvalue weighted by molar-refractivity contribution is 5.97. The first-order chi connectivity index (χ1) is 14.5. The summed E-state index contributed by atoms with van der Waals surface area (Å²) in [5.41, 5.74) is 1.78. The van der Waals surface area contributed by atoms with E-state index in [4.69, 9.17) is 13.9 Å². The van der Waals surface area contributed by atoms with Gasteiger partial charge in [-0.05, 0) is 55.8 Å². The van der Waals surface area contributed by atoms with Crippen molar-refractivity contribution in [2.75, 3.05) is 18.6 Å². The fourth-order valence-corrected chi connectivity index (χ4v) is 3.25. The Morgan fingerprint density at radius 3 is 2.67 bits per heavy atom. The van der Waals surface area contributed by atoms with Crippen molar-refractivity contribution in [3.63, 3.8) is 0 Å². The molecule has 0 aliphatic carbocycles. The van der Waals surface area contributed by atoms with Crippen LogP contribution in [-0.2, 0) is 9.53 Å². The highest BCUT2D eigenvalue weighted by atomic mass is 16.6. The van der Waals surface area contributed by atoms with Gasteiger partial charge >= 0.3 is 5.97 Å². The summed E-state index contributed by atoms with van der Waals surface area (Å²) in [5.74, 6) is 0.773. The van der Waals surface area contributed by atoms with Gasteiger partial charge < -0.3 is 18.8 Å². The topological polar surface area (TPSA) is 94.8 Å². The van der Waals surface area contributed by atoms with Crippen molar-refractivity contribution in [1.29, 1.82) is 0 Å². The number of anilines is 1. The normalized spacial score (nSPS) is 14.6. The van der Waals surface area contributed by atoms with Crippen molar-refractivity contribution in [2.24, 2.45) is 0 Å². The molecule has 2 heterocycles. The number of methoxy groups -OCH3 is 1. The summed E-state index contributed by atoms with van der Waals surface area (Å²) >= 11 is 0. The van der Waals surface area contributed by atoms with Crippen LogP contribution in [0.15, 0.2) is 52.9 Å². The fraction of sp³-hybridized carbons (Fsp3) is 0.273. The number of rotatable bonds is 6. The maximum atomic E-state index is 12.6. The number of ether oxygens (including phenoxy) is 2. The van der Waals surface area contributed by atoms with E-state index < -0.39 is 12.1 Å². The highest BCUT2D eigenvalue weighted by Crippen LogP contribution is 2.26. The van der Waals surface area contributed by atoms with Gasteiger partial charge in [-0.3, -0.25) is 4.79 Å². The van der Waals surface area contributed by atoms with E-state index >= 15 is 0 Å². The average Bonchev–Trinajstić information content (AvgIpc) is 3.43. The molecule has 0 spiro atoms. The minimum Gasteiger partial charge on any atom is -0.497 e. The van der Waals surface area contributed by atoms with Crippen molar-refractivity contribution in [1.82, 2.24) is 10.2 Å². The largest absolute Gasteiger partial charge is 0.497 e. The first-order valence-corrected chi connectivity index (χ1v) is 9.64. The number of amides is 1. The molecular formula is C22H21N3O5. The van der Waals surface area contributed by atoms with E-state index in [9.17, 15) is 9.59 Å². The Bertz CT molecular complexity index is 1060. The summed E-state index contributed by atoms with van der Waals surface area (Å²) in [5, 5.41) is 8.02. The number of esters is 1. The zero-order valence-corrected chi connectivity index (χ0v) is 16.7. The third kappa shape index (κ3) is 4.03. The average molecular weight is 407 g/mol. The maximum Gasteiger partial charge on any atom is 0.338 e. The van der Waals surface area contributed by atoms with E-state index in [2.05, 4.69) is 10.2 Å². The molecule has 1 fully saturated rings. The molecule has 1 atom stereocenters. The van der Waals surface area contributed by atoms with E-state index in [0.29, 0.717) is 30.1 Å². The molecule has 0 saturated carbocycles. The summed E-state index contributed by atoms with van der Waals surface area (Å²) in [6, 6.07) is 14.0. The van der Waals surface area contributed by atoms with E-state index in [1.807, 2.05) is 6.07 Å². The predicted octanol–water partition coefficient (Wildman–Crippen LogP) is 3.79. The number of hydrogen-bond acceptors (Lipinski definition) is 7. The second-order valence-electron chi connectivity index (χ2n) is 6.92.